The van der Waals surface area contributed by atoms with E-state index in [-0.39, 0.29) is 6.04 Å². The van der Waals surface area contributed by atoms with Crippen LogP contribution in [0.3, 0.4) is 0 Å². The van der Waals surface area contributed by atoms with E-state index in [9.17, 15) is 5.26 Å². The Morgan fingerprint density at radius 3 is 2.26 bits per heavy atom. The van der Waals surface area contributed by atoms with Crippen molar-refractivity contribution in [1.82, 2.24) is 4.90 Å². The molecule has 5 heteroatoms. The van der Waals surface area contributed by atoms with Gasteiger partial charge in [-0.1, -0.05) is 29.8 Å². The number of hydrogen-bond donors (Lipinski definition) is 0. The van der Waals surface area contributed by atoms with Crippen molar-refractivity contribution < 1.29 is 9.47 Å². The second-order valence-corrected chi connectivity index (χ2v) is 4.48. The van der Waals surface area contributed by atoms with Crippen LogP contribution in [0.25, 0.3) is 0 Å². The predicted octanol–water partition coefficient (Wildman–Crippen LogP) is 2.50. The van der Waals surface area contributed by atoms with Crippen molar-refractivity contribution in [2.24, 2.45) is 0 Å². The van der Waals surface area contributed by atoms with Gasteiger partial charge in [0.25, 0.3) is 0 Å². The van der Waals surface area contributed by atoms with Crippen LogP contribution in [-0.2, 0) is 9.47 Å². The van der Waals surface area contributed by atoms with E-state index in [0.717, 1.165) is 5.56 Å². The van der Waals surface area contributed by atoms with Crippen LogP contribution in [0.15, 0.2) is 24.3 Å². The first-order valence-corrected chi connectivity index (χ1v) is 6.48. The third-order valence-electron chi connectivity index (χ3n) is 2.85. The average Bonchev–Trinajstić information content (AvgIpc) is 2.43. The summed E-state index contributed by atoms with van der Waals surface area (Å²) in [5.74, 6) is 0. The molecule has 0 aliphatic carbocycles. The first kappa shape index (κ1) is 15.9. The number of benzene rings is 1. The summed E-state index contributed by atoms with van der Waals surface area (Å²) in [4.78, 5) is 2.01. The molecule has 19 heavy (non-hydrogen) atoms. The number of nitrogens with zero attached hydrogens (tertiary/aromatic N) is 2. The number of hydrogen-bond acceptors (Lipinski definition) is 4. The highest BCUT2D eigenvalue weighted by Crippen LogP contribution is 2.26. The van der Waals surface area contributed by atoms with Gasteiger partial charge in [0, 0.05) is 37.9 Å². The average molecular weight is 283 g/mol. The highest BCUT2D eigenvalue weighted by molar-refractivity contribution is 6.31. The molecule has 1 unspecified atom stereocenters. The highest BCUT2D eigenvalue weighted by Gasteiger charge is 2.21. The maximum atomic E-state index is 9.44. The van der Waals surface area contributed by atoms with Crippen LogP contribution in [0.5, 0.6) is 0 Å². The van der Waals surface area contributed by atoms with Crippen LogP contribution in [-0.4, -0.2) is 45.4 Å². The standard InChI is InChI=1S/C14H19ClN2O2/c1-18-9-7-17(8-10-19-2)14(11-16)12-5-3-4-6-13(12)15/h3-6,14H,7-10H2,1-2H3. The lowest BCUT2D eigenvalue weighted by molar-refractivity contribution is 0.101. The van der Waals surface area contributed by atoms with Gasteiger partial charge in [-0.05, 0) is 6.07 Å². The second kappa shape index (κ2) is 8.89. The summed E-state index contributed by atoms with van der Waals surface area (Å²) in [5.41, 5.74) is 0.818. The Labute approximate surface area is 119 Å². The van der Waals surface area contributed by atoms with E-state index in [1.54, 1.807) is 20.3 Å². The molecular weight excluding hydrogens is 264 g/mol. The minimum absolute atomic E-state index is 0.390. The quantitative estimate of drug-likeness (QED) is 0.735. The van der Waals surface area contributed by atoms with Gasteiger partial charge >= 0.3 is 0 Å². The van der Waals surface area contributed by atoms with Crippen LogP contribution in [0.1, 0.15) is 11.6 Å². The lowest BCUT2D eigenvalue weighted by atomic mass is 10.1. The van der Waals surface area contributed by atoms with Crippen LogP contribution in [0, 0.1) is 11.3 Å². The Kier molecular flexibility index (Phi) is 7.46. The molecule has 0 saturated carbocycles. The van der Waals surface area contributed by atoms with Crippen LogP contribution in [0.4, 0.5) is 0 Å². The molecule has 0 fully saturated rings. The molecule has 4 nitrogen and oxygen atoms in total. The van der Waals surface area contributed by atoms with Gasteiger partial charge in [0.1, 0.15) is 6.04 Å². The maximum absolute atomic E-state index is 9.44. The van der Waals surface area contributed by atoms with Gasteiger partial charge in [-0.15, -0.1) is 0 Å². The minimum Gasteiger partial charge on any atom is -0.383 e. The summed E-state index contributed by atoms with van der Waals surface area (Å²) in [6.07, 6.45) is 0. The zero-order chi connectivity index (χ0) is 14.1. The fourth-order valence-electron chi connectivity index (χ4n) is 1.83. The maximum Gasteiger partial charge on any atom is 0.125 e. The van der Waals surface area contributed by atoms with E-state index in [1.165, 1.54) is 0 Å². The Morgan fingerprint density at radius 1 is 1.21 bits per heavy atom. The normalized spacial score (nSPS) is 12.4. The molecule has 0 radical (unpaired) electrons. The van der Waals surface area contributed by atoms with Crippen molar-refractivity contribution in [2.75, 3.05) is 40.5 Å². The lowest BCUT2D eigenvalue weighted by Gasteiger charge is -2.27. The van der Waals surface area contributed by atoms with E-state index >= 15 is 0 Å². The highest BCUT2D eigenvalue weighted by atomic mass is 35.5. The number of halogens is 1. The smallest absolute Gasteiger partial charge is 0.125 e. The van der Waals surface area contributed by atoms with Crippen molar-refractivity contribution in [3.8, 4) is 6.07 Å². The fraction of sp³-hybridized carbons (Fsp3) is 0.500. The summed E-state index contributed by atoms with van der Waals surface area (Å²) in [7, 11) is 3.29. The molecule has 1 aromatic rings. The molecule has 104 valence electrons. The van der Waals surface area contributed by atoms with Gasteiger partial charge in [-0.25, -0.2) is 0 Å². The van der Waals surface area contributed by atoms with E-state index in [1.807, 2.05) is 23.1 Å². The third kappa shape index (κ3) is 4.81. The molecule has 0 heterocycles. The molecule has 1 atom stereocenters. The monoisotopic (exact) mass is 282 g/mol. The molecule has 0 aliphatic heterocycles. The number of nitriles is 1. The molecule has 0 saturated heterocycles. The largest absolute Gasteiger partial charge is 0.383 e. The molecule has 0 amide bonds. The zero-order valence-electron chi connectivity index (χ0n) is 11.3. The summed E-state index contributed by atoms with van der Waals surface area (Å²) in [5, 5.41) is 10.0. The van der Waals surface area contributed by atoms with Crippen molar-refractivity contribution in [3.63, 3.8) is 0 Å². The first-order valence-electron chi connectivity index (χ1n) is 6.10. The molecule has 0 aromatic heterocycles. The summed E-state index contributed by atoms with van der Waals surface area (Å²) in [6.45, 7) is 2.44. The minimum atomic E-state index is -0.390. The van der Waals surface area contributed by atoms with E-state index in [0.29, 0.717) is 31.3 Å². The Balaban J connectivity index is 2.89. The topological polar surface area (TPSA) is 45.5 Å². The zero-order valence-corrected chi connectivity index (χ0v) is 12.1. The molecule has 0 spiro atoms. The molecule has 0 aliphatic rings. The van der Waals surface area contributed by atoms with Crippen LogP contribution < -0.4 is 0 Å². The van der Waals surface area contributed by atoms with Gasteiger partial charge in [-0.3, -0.25) is 4.90 Å². The first-order chi connectivity index (χ1) is 9.24. The Morgan fingerprint density at radius 2 is 1.79 bits per heavy atom. The molecule has 0 bridgehead atoms. The molecular formula is C14H19ClN2O2. The van der Waals surface area contributed by atoms with Crippen molar-refractivity contribution in [3.05, 3.63) is 34.9 Å². The van der Waals surface area contributed by atoms with Crippen LogP contribution in [0.2, 0.25) is 5.02 Å². The Bertz CT molecular complexity index is 412. The molecule has 1 aromatic carbocycles. The second-order valence-electron chi connectivity index (χ2n) is 4.07. The predicted molar refractivity (Wildman–Crippen MR) is 75.1 cm³/mol. The summed E-state index contributed by atoms with van der Waals surface area (Å²) in [6, 6.07) is 9.33. The van der Waals surface area contributed by atoms with Gasteiger partial charge in [-0.2, -0.15) is 5.26 Å². The fourth-order valence-corrected chi connectivity index (χ4v) is 2.07. The molecule has 1 rings (SSSR count). The van der Waals surface area contributed by atoms with E-state index in [2.05, 4.69) is 6.07 Å². The molecule has 0 N–H and O–H groups in total. The SMILES string of the molecule is COCCN(CCOC)C(C#N)c1ccccc1Cl. The van der Waals surface area contributed by atoms with Gasteiger partial charge in [0.2, 0.25) is 0 Å². The Hall–Kier alpha value is -1.12. The van der Waals surface area contributed by atoms with E-state index in [4.69, 9.17) is 21.1 Å². The summed E-state index contributed by atoms with van der Waals surface area (Å²) < 4.78 is 10.2. The number of rotatable bonds is 8. The van der Waals surface area contributed by atoms with Gasteiger partial charge in [0.05, 0.1) is 19.3 Å². The van der Waals surface area contributed by atoms with Crippen molar-refractivity contribution >= 4 is 11.6 Å². The van der Waals surface area contributed by atoms with Crippen molar-refractivity contribution in [2.45, 2.75) is 6.04 Å². The third-order valence-corrected chi connectivity index (χ3v) is 3.20. The van der Waals surface area contributed by atoms with Crippen LogP contribution >= 0.6 is 11.6 Å². The summed E-state index contributed by atoms with van der Waals surface area (Å²) >= 11 is 6.17. The van der Waals surface area contributed by atoms with Gasteiger partial charge < -0.3 is 9.47 Å². The van der Waals surface area contributed by atoms with Gasteiger partial charge in [0.15, 0.2) is 0 Å². The van der Waals surface area contributed by atoms with E-state index < -0.39 is 0 Å². The number of methoxy groups -OCH3 is 2. The lowest BCUT2D eigenvalue weighted by Crippen LogP contribution is -2.34. The number of ether oxygens (including phenoxy) is 2. The van der Waals surface area contributed by atoms with Crippen molar-refractivity contribution in [1.29, 1.82) is 5.26 Å².